The molecule has 0 spiro atoms. The highest BCUT2D eigenvalue weighted by atomic mass is 35.5. The van der Waals surface area contributed by atoms with Crippen LogP contribution >= 0.6 is 36.2 Å². The van der Waals surface area contributed by atoms with Crippen molar-refractivity contribution in [2.75, 3.05) is 0 Å². The molecule has 0 fully saturated rings. The third-order valence-corrected chi connectivity index (χ3v) is 5.42. The Bertz CT molecular complexity index is 886. The van der Waals surface area contributed by atoms with Gasteiger partial charge in [-0.15, -0.1) is 36.2 Å². The van der Waals surface area contributed by atoms with E-state index >= 15 is 0 Å². The normalized spacial score (nSPS) is 13.1. The fourth-order valence-electron chi connectivity index (χ4n) is 3.27. The minimum atomic E-state index is -0.809. The fourth-order valence-corrected chi connectivity index (χ4v) is 3.81. The number of nitrogens with zero attached hydrogens (tertiary/aromatic N) is 1. The maximum atomic E-state index is 12.3. The molecule has 1 aromatic heterocycles. The summed E-state index contributed by atoms with van der Waals surface area (Å²) in [7, 11) is 0. The maximum Gasteiger partial charge on any atom is 0.407 e. The second-order valence-electron chi connectivity index (χ2n) is 7.25. The molecule has 3 atom stereocenters. The van der Waals surface area contributed by atoms with Gasteiger partial charge in [-0.3, -0.25) is 0 Å². The van der Waals surface area contributed by atoms with Gasteiger partial charge < -0.3 is 20.9 Å². The molecule has 0 bridgehead atoms. The summed E-state index contributed by atoms with van der Waals surface area (Å²) in [6, 6.07) is 18.9. The molecular weight excluding hydrogens is 469 g/mol. The van der Waals surface area contributed by atoms with Gasteiger partial charge in [0.05, 0.1) is 23.4 Å². The van der Waals surface area contributed by atoms with E-state index in [9.17, 15) is 9.90 Å². The number of carbonyl (C=O) groups is 1. The number of hydrogen-bond acceptors (Lipinski definition) is 6. The van der Waals surface area contributed by atoms with Crippen LogP contribution < -0.4 is 11.1 Å². The molecule has 0 saturated heterocycles. The predicted molar refractivity (Wildman–Crippen MR) is 133 cm³/mol. The molecule has 0 saturated carbocycles. The number of carbonyl (C=O) groups excluding carboxylic acids is 1. The van der Waals surface area contributed by atoms with Crippen LogP contribution in [0.3, 0.4) is 0 Å². The number of alkyl carbamates (subject to hydrolysis) is 1. The van der Waals surface area contributed by atoms with E-state index < -0.39 is 18.2 Å². The van der Waals surface area contributed by atoms with Crippen molar-refractivity contribution < 1.29 is 14.6 Å². The Balaban J connectivity index is 0.00000256. The van der Waals surface area contributed by atoms with Crippen LogP contribution in [0.5, 0.6) is 0 Å². The lowest BCUT2D eigenvalue weighted by atomic mass is 9.94. The van der Waals surface area contributed by atoms with Crippen LogP contribution in [0.25, 0.3) is 0 Å². The number of aromatic nitrogens is 1. The summed E-state index contributed by atoms with van der Waals surface area (Å²) in [5, 5.41) is 15.5. The first-order chi connectivity index (χ1) is 14.6. The average Bonchev–Trinajstić information content (AvgIpc) is 3.27. The van der Waals surface area contributed by atoms with E-state index in [1.54, 1.807) is 5.51 Å². The summed E-state index contributed by atoms with van der Waals surface area (Å²) >= 11 is 1.44. The standard InChI is InChI=1S/C23H27N3O3S.2ClH/c24-19(11-17-7-3-1-4-8-17)13-22(27)21(12-18-9-5-2-6-10-18)26-23(28)29-14-20-15-30-16-25-20;;/h1-10,15-16,19,21-22,27H,11-14,24H2,(H,26,28);2*1H/t19-,21-,22-;;/m0../s1. The first-order valence-corrected chi connectivity index (χ1v) is 10.9. The lowest BCUT2D eigenvalue weighted by molar-refractivity contribution is 0.0918. The quantitative estimate of drug-likeness (QED) is 0.390. The van der Waals surface area contributed by atoms with Gasteiger partial charge in [0.25, 0.3) is 0 Å². The van der Waals surface area contributed by atoms with Crippen molar-refractivity contribution in [3.8, 4) is 0 Å². The molecule has 4 N–H and O–H groups in total. The Morgan fingerprint density at radius 1 is 1.03 bits per heavy atom. The zero-order valence-corrected chi connectivity index (χ0v) is 20.0. The van der Waals surface area contributed by atoms with Crippen LogP contribution in [-0.4, -0.2) is 34.4 Å². The van der Waals surface area contributed by atoms with Crippen LogP contribution in [0.1, 0.15) is 23.2 Å². The zero-order valence-electron chi connectivity index (χ0n) is 17.5. The lowest BCUT2D eigenvalue weighted by Gasteiger charge is -2.26. The molecule has 0 aliphatic heterocycles. The Hall–Kier alpha value is -2.16. The molecule has 0 aliphatic carbocycles. The summed E-state index contributed by atoms with van der Waals surface area (Å²) in [5.41, 5.74) is 10.8. The third kappa shape index (κ3) is 9.54. The Morgan fingerprint density at radius 3 is 2.19 bits per heavy atom. The molecule has 3 rings (SSSR count). The molecule has 9 heteroatoms. The van der Waals surface area contributed by atoms with Crippen LogP contribution in [0, 0.1) is 0 Å². The van der Waals surface area contributed by atoms with Gasteiger partial charge in [0.2, 0.25) is 0 Å². The van der Waals surface area contributed by atoms with Gasteiger partial charge in [-0.25, -0.2) is 9.78 Å². The number of nitrogens with one attached hydrogen (secondary N) is 1. The Morgan fingerprint density at radius 2 is 1.62 bits per heavy atom. The smallest absolute Gasteiger partial charge is 0.407 e. The van der Waals surface area contributed by atoms with E-state index in [2.05, 4.69) is 10.3 Å². The maximum absolute atomic E-state index is 12.3. The van der Waals surface area contributed by atoms with Crippen molar-refractivity contribution in [3.05, 3.63) is 88.4 Å². The van der Waals surface area contributed by atoms with Crippen molar-refractivity contribution in [2.24, 2.45) is 5.73 Å². The number of rotatable bonds is 10. The third-order valence-electron chi connectivity index (χ3n) is 4.79. The first kappa shape index (κ1) is 27.9. The largest absolute Gasteiger partial charge is 0.443 e. The zero-order chi connectivity index (χ0) is 21.2. The van der Waals surface area contributed by atoms with Gasteiger partial charge >= 0.3 is 6.09 Å². The molecule has 0 radical (unpaired) electrons. The van der Waals surface area contributed by atoms with Gasteiger partial charge in [-0.05, 0) is 30.4 Å². The second kappa shape index (κ2) is 14.8. The molecule has 32 heavy (non-hydrogen) atoms. The molecule has 3 aromatic rings. The van der Waals surface area contributed by atoms with Gasteiger partial charge in [-0.1, -0.05) is 60.7 Å². The van der Waals surface area contributed by atoms with Gasteiger partial charge in [0.1, 0.15) is 6.61 Å². The number of benzene rings is 2. The summed E-state index contributed by atoms with van der Waals surface area (Å²) in [5.74, 6) is 0. The van der Waals surface area contributed by atoms with Crippen molar-refractivity contribution in [2.45, 2.75) is 44.1 Å². The van der Waals surface area contributed by atoms with E-state index in [0.29, 0.717) is 25.0 Å². The van der Waals surface area contributed by atoms with Gasteiger partial charge in [-0.2, -0.15) is 0 Å². The van der Waals surface area contributed by atoms with Crippen molar-refractivity contribution in [3.63, 3.8) is 0 Å². The topological polar surface area (TPSA) is 97.5 Å². The molecule has 6 nitrogen and oxygen atoms in total. The Kier molecular flexibility index (Phi) is 12.9. The number of aliphatic hydroxyl groups is 1. The minimum Gasteiger partial charge on any atom is -0.443 e. The second-order valence-corrected chi connectivity index (χ2v) is 7.97. The minimum absolute atomic E-state index is 0. The van der Waals surface area contributed by atoms with Crippen molar-refractivity contribution in [1.29, 1.82) is 0 Å². The monoisotopic (exact) mass is 497 g/mol. The van der Waals surface area contributed by atoms with E-state index in [0.717, 1.165) is 11.1 Å². The van der Waals surface area contributed by atoms with Gasteiger partial charge in [0, 0.05) is 11.4 Å². The average molecular weight is 498 g/mol. The molecule has 0 aliphatic rings. The highest BCUT2D eigenvalue weighted by Crippen LogP contribution is 2.13. The molecule has 1 heterocycles. The van der Waals surface area contributed by atoms with E-state index in [1.807, 2.05) is 66.0 Å². The molecule has 0 unspecified atom stereocenters. The van der Waals surface area contributed by atoms with Crippen LogP contribution in [-0.2, 0) is 24.2 Å². The predicted octanol–water partition coefficient (Wildman–Crippen LogP) is 4.15. The molecule has 174 valence electrons. The van der Waals surface area contributed by atoms with Crippen molar-refractivity contribution in [1.82, 2.24) is 10.3 Å². The van der Waals surface area contributed by atoms with Gasteiger partial charge in [0.15, 0.2) is 0 Å². The molecule has 2 aromatic carbocycles. The summed E-state index contributed by atoms with van der Waals surface area (Å²) < 4.78 is 5.26. The number of nitrogens with two attached hydrogens (primary N) is 1. The number of ether oxygens (including phenoxy) is 1. The summed E-state index contributed by atoms with van der Waals surface area (Å²) in [4.78, 5) is 16.4. The van der Waals surface area contributed by atoms with E-state index in [-0.39, 0.29) is 37.5 Å². The van der Waals surface area contributed by atoms with Crippen molar-refractivity contribution >= 4 is 42.2 Å². The molecule has 1 amide bonds. The summed E-state index contributed by atoms with van der Waals surface area (Å²) in [6.07, 6.45) is 0.102. The summed E-state index contributed by atoms with van der Waals surface area (Å²) in [6.45, 7) is 0.0943. The van der Waals surface area contributed by atoms with E-state index in [4.69, 9.17) is 10.5 Å². The van der Waals surface area contributed by atoms with Crippen LogP contribution in [0.2, 0.25) is 0 Å². The number of amides is 1. The number of thiazole rings is 1. The number of hydrogen-bond donors (Lipinski definition) is 3. The van der Waals surface area contributed by atoms with E-state index in [1.165, 1.54) is 11.3 Å². The van der Waals surface area contributed by atoms with Crippen LogP contribution in [0.4, 0.5) is 4.79 Å². The van der Waals surface area contributed by atoms with Crippen LogP contribution in [0.15, 0.2) is 71.6 Å². The Labute approximate surface area is 205 Å². The number of aliphatic hydroxyl groups excluding tert-OH is 1. The number of halogens is 2. The first-order valence-electron chi connectivity index (χ1n) is 9.92. The fraction of sp³-hybridized carbons (Fsp3) is 0.304. The SMILES string of the molecule is Cl.Cl.N[C@@H](Cc1ccccc1)C[C@H](O)[C@H](Cc1ccccc1)NC(=O)OCc1cscn1. The highest BCUT2D eigenvalue weighted by Gasteiger charge is 2.24. The molecular formula is C23H29Cl2N3O3S. The lowest BCUT2D eigenvalue weighted by Crippen LogP contribution is -2.47. The highest BCUT2D eigenvalue weighted by molar-refractivity contribution is 7.07.